The van der Waals surface area contributed by atoms with Gasteiger partial charge in [-0.15, -0.1) is 0 Å². The SMILES string of the molecule is Cc1cc(C(=O)N2CCN(C(C)C(N)=NO)CC2)c(C)o1. The number of carbonyl (C=O) groups excluding carboxylic acids is 1. The molecule has 0 bridgehead atoms. The molecular weight excluding hydrogens is 272 g/mol. The van der Waals surface area contributed by atoms with Crippen molar-refractivity contribution in [3.63, 3.8) is 0 Å². The molecule has 1 aliphatic heterocycles. The first-order chi connectivity index (χ1) is 9.93. The van der Waals surface area contributed by atoms with Crippen molar-refractivity contribution in [2.75, 3.05) is 26.2 Å². The summed E-state index contributed by atoms with van der Waals surface area (Å²) >= 11 is 0. The van der Waals surface area contributed by atoms with E-state index in [4.69, 9.17) is 15.4 Å². The summed E-state index contributed by atoms with van der Waals surface area (Å²) in [4.78, 5) is 16.4. The Morgan fingerprint density at radius 1 is 1.38 bits per heavy atom. The zero-order valence-corrected chi connectivity index (χ0v) is 12.7. The van der Waals surface area contributed by atoms with Crippen LogP contribution in [-0.2, 0) is 0 Å². The highest BCUT2D eigenvalue weighted by Crippen LogP contribution is 2.17. The monoisotopic (exact) mass is 294 g/mol. The fraction of sp³-hybridized carbons (Fsp3) is 0.571. The van der Waals surface area contributed by atoms with E-state index >= 15 is 0 Å². The highest BCUT2D eigenvalue weighted by Gasteiger charge is 2.27. The molecule has 1 amide bonds. The van der Waals surface area contributed by atoms with Gasteiger partial charge < -0.3 is 20.3 Å². The standard InChI is InChI=1S/C14H22N4O3/c1-9-8-12(11(3)21-9)14(19)18-6-4-17(5-7-18)10(2)13(15)16-20/h8,10,20H,4-7H2,1-3H3,(H2,15,16). The van der Waals surface area contributed by atoms with Gasteiger partial charge in [0.1, 0.15) is 11.5 Å². The van der Waals surface area contributed by atoms with Crippen molar-refractivity contribution in [1.82, 2.24) is 9.80 Å². The molecule has 2 rings (SSSR count). The van der Waals surface area contributed by atoms with Crippen molar-refractivity contribution in [3.8, 4) is 0 Å². The van der Waals surface area contributed by atoms with Crippen LogP contribution in [0.5, 0.6) is 0 Å². The lowest BCUT2D eigenvalue weighted by molar-refractivity contribution is 0.0617. The molecule has 1 atom stereocenters. The van der Waals surface area contributed by atoms with Gasteiger partial charge in [0.15, 0.2) is 5.84 Å². The Hall–Kier alpha value is -2.02. The Balaban J connectivity index is 1.98. The van der Waals surface area contributed by atoms with Crippen LogP contribution in [0.3, 0.4) is 0 Å². The van der Waals surface area contributed by atoms with Crippen LogP contribution in [-0.4, -0.2) is 59.0 Å². The van der Waals surface area contributed by atoms with E-state index in [1.54, 1.807) is 13.0 Å². The third kappa shape index (κ3) is 3.18. The van der Waals surface area contributed by atoms with Crippen LogP contribution in [0.15, 0.2) is 15.6 Å². The fourth-order valence-corrected chi connectivity index (χ4v) is 2.60. The van der Waals surface area contributed by atoms with E-state index in [1.165, 1.54) is 0 Å². The number of carbonyl (C=O) groups is 1. The van der Waals surface area contributed by atoms with E-state index in [2.05, 4.69) is 10.1 Å². The number of rotatable bonds is 3. The van der Waals surface area contributed by atoms with Gasteiger partial charge in [0.2, 0.25) is 0 Å². The highest BCUT2D eigenvalue weighted by atomic mass is 16.4. The van der Waals surface area contributed by atoms with E-state index in [0.717, 1.165) is 5.76 Å². The lowest BCUT2D eigenvalue weighted by Gasteiger charge is -2.37. The Bertz CT molecular complexity index is 544. The number of hydrogen-bond acceptors (Lipinski definition) is 5. The molecule has 1 unspecified atom stereocenters. The molecule has 1 aromatic rings. The average molecular weight is 294 g/mol. The number of furan rings is 1. The largest absolute Gasteiger partial charge is 0.466 e. The average Bonchev–Trinajstić information content (AvgIpc) is 2.83. The Morgan fingerprint density at radius 2 is 2.00 bits per heavy atom. The molecule has 1 aromatic heterocycles. The van der Waals surface area contributed by atoms with Crippen LogP contribution in [0.1, 0.15) is 28.8 Å². The Labute approximate surface area is 124 Å². The molecule has 1 saturated heterocycles. The van der Waals surface area contributed by atoms with Crippen molar-refractivity contribution < 1.29 is 14.4 Å². The van der Waals surface area contributed by atoms with Crippen molar-refractivity contribution in [1.29, 1.82) is 0 Å². The van der Waals surface area contributed by atoms with Gasteiger partial charge in [0.05, 0.1) is 11.6 Å². The maximum absolute atomic E-state index is 12.5. The van der Waals surface area contributed by atoms with Crippen LogP contribution < -0.4 is 5.73 Å². The van der Waals surface area contributed by atoms with Crippen LogP contribution in [0, 0.1) is 13.8 Å². The van der Waals surface area contributed by atoms with E-state index in [9.17, 15) is 4.79 Å². The number of hydrogen-bond donors (Lipinski definition) is 2. The number of amides is 1. The number of oxime groups is 1. The Morgan fingerprint density at radius 3 is 2.48 bits per heavy atom. The van der Waals surface area contributed by atoms with Gasteiger partial charge in [-0.2, -0.15) is 0 Å². The lowest BCUT2D eigenvalue weighted by Crippen LogP contribution is -2.54. The molecule has 0 aromatic carbocycles. The van der Waals surface area contributed by atoms with E-state index in [1.807, 2.05) is 18.7 Å². The minimum absolute atomic E-state index is 0.000417. The number of nitrogens with two attached hydrogens (primary N) is 1. The summed E-state index contributed by atoms with van der Waals surface area (Å²) in [7, 11) is 0. The lowest BCUT2D eigenvalue weighted by atomic mass is 10.1. The predicted octanol–water partition coefficient (Wildman–Crippen LogP) is 0.789. The molecule has 0 saturated carbocycles. The van der Waals surface area contributed by atoms with Crippen LogP contribution in [0.25, 0.3) is 0 Å². The third-order valence-electron chi connectivity index (χ3n) is 3.96. The Kier molecular flexibility index (Phi) is 4.52. The van der Waals surface area contributed by atoms with Gasteiger partial charge in [-0.05, 0) is 26.8 Å². The van der Waals surface area contributed by atoms with Crippen LogP contribution in [0.4, 0.5) is 0 Å². The molecule has 2 heterocycles. The summed E-state index contributed by atoms with van der Waals surface area (Å²) in [5.74, 6) is 1.59. The van der Waals surface area contributed by atoms with Gasteiger partial charge in [0.25, 0.3) is 5.91 Å². The van der Waals surface area contributed by atoms with Gasteiger partial charge >= 0.3 is 0 Å². The van der Waals surface area contributed by atoms with E-state index in [-0.39, 0.29) is 17.8 Å². The molecule has 1 fully saturated rings. The number of aryl methyl sites for hydroxylation is 2. The fourth-order valence-electron chi connectivity index (χ4n) is 2.60. The van der Waals surface area contributed by atoms with Gasteiger partial charge in [-0.1, -0.05) is 5.16 Å². The topological polar surface area (TPSA) is 95.3 Å². The summed E-state index contributed by atoms with van der Waals surface area (Å²) in [6, 6.07) is 1.65. The van der Waals surface area contributed by atoms with E-state index in [0.29, 0.717) is 37.5 Å². The quantitative estimate of drug-likeness (QED) is 0.372. The predicted molar refractivity (Wildman–Crippen MR) is 78.5 cm³/mol. The molecule has 0 aliphatic carbocycles. The smallest absolute Gasteiger partial charge is 0.257 e. The molecule has 116 valence electrons. The van der Waals surface area contributed by atoms with Crippen LogP contribution in [0.2, 0.25) is 0 Å². The molecule has 7 nitrogen and oxygen atoms in total. The van der Waals surface area contributed by atoms with Crippen molar-refractivity contribution in [3.05, 3.63) is 23.2 Å². The van der Waals surface area contributed by atoms with Gasteiger partial charge in [-0.25, -0.2) is 0 Å². The first kappa shape index (κ1) is 15.4. The summed E-state index contributed by atoms with van der Waals surface area (Å²) in [6.07, 6.45) is 0. The second-order valence-corrected chi connectivity index (χ2v) is 5.36. The summed E-state index contributed by atoms with van der Waals surface area (Å²) in [5, 5.41) is 11.8. The second kappa shape index (κ2) is 6.17. The highest BCUT2D eigenvalue weighted by molar-refractivity contribution is 5.95. The molecular formula is C14H22N4O3. The van der Waals surface area contributed by atoms with Crippen molar-refractivity contribution in [2.24, 2.45) is 10.9 Å². The summed E-state index contributed by atoms with van der Waals surface area (Å²) in [6.45, 7) is 8.14. The zero-order valence-electron chi connectivity index (χ0n) is 12.7. The van der Waals surface area contributed by atoms with Gasteiger partial charge in [0, 0.05) is 26.2 Å². The molecule has 0 spiro atoms. The number of piperazine rings is 1. The third-order valence-corrected chi connectivity index (χ3v) is 3.96. The van der Waals surface area contributed by atoms with Crippen LogP contribution >= 0.6 is 0 Å². The number of amidine groups is 1. The number of nitrogens with zero attached hydrogens (tertiary/aromatic N) is 3. The normalized spacial score (nSPS) is 18.8. The van der Waals surface area contributed by atoms with Gasteiger partial charge in [-0.3, -0.25) is 9.69 Å². The molecule has 0 radical (unpaired) electrons. The first-order valence-electron chi connectivity index (χ1n) is 7.01. The zero-order chi connectivity index (χ0) is 15.6. The maximum Gasteiger partial charge on any atom is 0.257 e. The molecule has 3 N–H and O–H groups in total. The minimum Gasteiger partial charge on any atom is -0.466 e. The second-order valence-electron chi connectivity index (χ2n) is 5.36. The van der Waals surface area contributed by atoms with Crippen molar-refractivity contribution in [2.45, 2.75) is 26.8 Å². The summed E-state index contributed by atoms with van der Waals surface area (Å²) in [5.41, 5.74) is 6.25. The summed E-state index contributed by atoms with van der Waals surface area (Å²) < 4.78 is 5.41. The van der Waals surface area contributed by atoms with E-state index < -0.39 is 0 Å². The minimum atomic E-state index is -0.134. The molecule has 21 heavy (non-hydrogen) atoms. The maximum atomic E-state index is 12.5. The molecule has 1 aliphatic rings. The molecule has 7 heteroatoms. The first-order valence-corrected chi connectivity index (χ1v) is 7.01. The van der Waals surface area contributed by atoms with Crippen molar-refractivity contribution >= 4 is 11.7 Å².